The largest absolute Gasteiger partial charge is 0.447 e. The second-order valence-electron chi connectivity index (χ2n) is 8.07. The minimum Gasteiger partial charge on any atom is -0.447 e. The molecule has 0 aromatic heterocycles. The van der Waals surface area contributed by atoms with E-state index in [2.05, 4.69) is 5.16 Å². The highest BCUT2D eigenvalue weighted by atomic mass is 19.1. The van der Waals surface area contributed by atoms with Gasteiger partial charge in [0, 0.05) is 57.9 Å². The number of carbonyl (C=O) groups is 1. The zero-order valence-corrected chi connectivity index (χ0v) is 17.9. The van der Waals surface area contributed by atoms with E-state index < -0.39 is 17.5 Å². The molecular formula is C21H29F2N5O3. The highest BCUT2D eigenvalue weighted by Crippen LogP contribution is 2.26. The molecule has 0 radical (unpaired) electrons. The van der Waals surface area contributed by atoms with Gasteiger partial charge < -0.3 is 25.1 Å². The number of halogens is 2. The van der Waals surface area contributed by atoms with Gasteiger partial charge in [0.15, 0.2) is 0 Å². The van der Waals surface area contributed by atoms with Crippen molar-refractivity contribution in [3.05, 3.63) is 29.3 Å². The van der Waals surface area contributed by atoms with Crippen LogP contribution in [-0.4, -0.2) is 60.9 Å². The third-order valence-electron chi connectivity index (χ3n) is 5.38. The van der Waals surface area contributed by atoms with Gasteiger partial charge in [-0.1, -0.05) is 5.16 Å². The number of rotatable bonds is 5. The average molecular weight is 437 g/mol. The maximum Gasteiger partial charge on any atom is 0.410 e. The first kappa shape index (κ1) is 22.8. The Morgan fingerprint density at radius 3 is 2.39 bits per heavy atom. The third kappa shape index (κ3) is 5.83. The second kappa shape index (κ2) is 9.93. The predicted molar refractivity (Wildman–Crippen MR) is 114 cm³/mol. The van der Waals surface area contributed by atoms with E-state index in [4.69, 9.17) is 20.7 Å². The number of oxime groups is 1. The first-order chi connectivity index (χ1) is 14.7. The van der Waals surface area contributed by atoms with Crippen LogP contribution >= 0.6 is 0 Å². The lowest BCUT2D eigenvalue weighted by atomic mass is 10.1. The number of nitrogens with zero attached hydrogens (tertiary/aromatic N) is 3. The Hall–Kier alpha value is -2.91. The van der Waals surface area contributed by atoms with Gasteiger partial charge in [-0.3, -0.25) is 5.41 Å². The summed E-state index contributed by atoms with van der Waals surface area (Å²) in [5.41, 5.74) is 6.07. The molecule has 1 aromatic rings. The number of hydrogen-bond donors (Lipinski definition) is 2. The minimum absolute atomic E-state index is 0.0562. The normalized spacial score (nSPS) is 17.6. The number of carbonyl (C=O) groups excluding carboxylic acids is 1. The van der Waals surface area contributed by atoms with Crippen molar-refractivity contribution in [2.75, 3.05) is 31.1 Å². The number of benzene rings is 1. The summed E-state index contributed by atoms with van der Waals surface area (Å²) in [6.07, 6.45) is 2.03. The van der Waals surface area contributed by atoms with Gasteiger partial charge in [-0.2, -0.15) is 0 Å². The summed E-state index contributed by atoms with van der Waals surface area (Å²) >= 11 is 0. The number of nitrogens with one attached hydrogen (secondary N) is 1. The summed E-state index contributed by atoms with van der Waals surface area (Å²) in [6, 6.07) is 2.05. The van der Waals surface area contributed by atoms with Gasteiger partial charge in [0.25, 0.3) is 0 Å². The highest BCUT2D eigenvalue weighted by molar-refractivity contribution is 5.95. The van der Waals surface area contributed by atoms with Gasteiger partial charge in [0.2, 0.25) is 0 Å². The van der Waals surface area contributed by atoms with Crippen LogP contribution in [0.5, 0.6) is 0 Å². The van der Waals surface area contributed by atoms with Gasteiger partial charge in [0.05, 0.1) is 23.1 Å². The first-order valence-corrected chi connectivity index (χ1v) is 10.5. The van der Waals surface area contributed by atoms with Crippen LogP contribution in [0, 0.1) is 17.0 Å². The van der Waals surface area contributed by atoms with Crippen LogP contribution in [0.25, 0.3) is 0 Å². The van der Waals surface area contributed by atoms with Crippen LogP contribution in [-0.2, 0) is 9.57 Å². The van der Waals surface area contributed by atoms with Gasteiger partial charge >= 0.3 is 6.09 Å². The van der Waals surface area contributed by atoms with Crippen molar-refractivity contribution in [3.8, 4) is 0 Å². The number of nitrogens with two attached hydrogens (primary N) is 1. The number of amides is 1. The summed E-state index contributed by atoms with van der Waals surface area (Å²) in [4.78, 5) is 21.0. The topological polar surface area (TPSA) is 104 Å². The quantitative estimate of drug-likeness (QED) is 0.418. The maximum absolute atomic E-state index is 14.4. The van der Waals surface area contributed by atoms with Crippen LogP contribution in [0.3, 0.4) is 0 Å². The molecule has 1 amide bonds. The monoisotopic (exact) mass is 437 g/mol. The van der Waals surface area contributed by atoms with E-state index >= 15 is 0 Å². The van der Waals surface area contributed by atoms with Gasteiger partial charge in [-0.05, 0) is 19.9 Å². The molecule has 3 N–H and O–H groups in total. The van der Waals surface area contributed by atoms with E-state index in [1.54, 1.807) is 9.80 Å². The fourth-order valence-corrected chi connectivity index (χ4v) is 3.65. The molecule has 0 saturated carbocycles. The van der Waals surface area contributed by atoms with Crippen molar-refractivity contribution in [2.24, 2.45) is 10.9 Å². The lowest BCUT2D eigenvalue weighted by Gasteiger charge is -2.32. The van der Waals surface area contributed by atoms with E-state index in [1.165, 1.54) is 0 Å². The van der Waals surface area contributed by atoms with E-state index in [-0.39, 0.29) is 29.6 Å². The standard InChI is InChI=1S/C21H29F2N5O3/c1-13(2)30-21(29)28-9-5-15(6-10-28)31-26-14-3-7-27(8-4-14)19-12-17(22)16(20(24)25)11-18(19)23/h11-13,15H,3-10H2,1-2H3,(H3,24,25). The van der Waals surface area contributed by atoms with Crippen molar-refractivity contribution in [2.45, 2.75) is 51.7 Å². The number of amidine groups is 1. The maximum atomic E-state index is 14.4. The molecule has 0 atom stereocenters. The molecule has 170 valence electrons. The molecule has 8 nitrogen and oxygen atoms in total. The number of nitrogen functional groups attached to an aromatic ring is 1. The average Bonchev–Trinajstić information content (AvgIpc) is 2.73. The van der Waals surface area contributed by atoms with Crippen molar-refractivity contribution in [1.29, 1.82) is 5.41 Å². The van der Waals surface area contributed by atoms with Gasteiger partial charge in [-0.25, -0.2) is 13.6 Å². The molecule has 0 spiro atoms. The second-order valence-corrected chi connectivity index (χ2v) is 8.07. The predicted octanol–water partition coefficient (Wildman–Crippen LogP) is 3.23. The van der Waals surface area contributed by atoms with Crippen LogP contribution in [0.2, 0.25) is 0 Å². The molecule has 1 aromatic carbocycles. The van der Waals surface area contributed by atoms with E-state index in [1.807, 2.05) is 13.8 Å². The number of likely N-dealkylation sites (tertiary alicyclic amines) is 1. The first-order valence-electron chi connectivity index (χ1n) is 10.5. The molecule has 2 saturated heterocycles. The molecule has 2 aliphatic rings. The Bertz CT molecular complexity index is 844. The Morgan fingerprint density at radius 1 is 1.16 bits per heavy atom. The van der Waals surface area contributed by atoms with Crippen molar-refractivity contribution < 1.29 is 23.1 Å². The van der Waals surface area contributed by atoms with Gasteiger partial charge in [0.1, 0.15) is 23.6 Å². The molecule has 2 heterocycles. The fraction of sp³-hybridized carbons (Fsp3) is 0.571. The number of anilines is 1. The van der Waals surface area contributed by atoms with Crippen molar-refractivity contribution in [3.63, 3.8) is 0 Å². The Kier molecular flexibility index (Phi) is 7.29. The summed E-state index contributed by atoms with van der Waals surface area (Å²) in [5, 5.41) is 11.6. The molecule has 3 rings (SSSR count). The molecule has 0 aliphatic carbocycles. The SMILES string of the molecule is CC(C)OC(=O)N1CCC(ON=C2CCN(c3cc(F)c(C(=N)N)cc3F)CC2)CC1. The van der Waals surface area contributed by atoms with E-state index in [0.29, 0.717) is 51.9 Å². The lowest BCUT2D eigenvalue weighted by molar-refractivity contribution is 0.00415. The fourth-order valence-electron chi connectivity index (χ4n) is 3.65. The lowest BCUT2D eigenvalue weighted by Crippen LogP contribution is -2.41. The Labute approximate surface area is 180 Å². The number of hydrogen-bond acceptors (Lipinski definition) is 6. The summed E-state index contributed by atoms with van der Waals surface area (Å²) in [5.74, 6) is -1.82. The molecule has 0 unspecified atom stereocenters. The zero-order valence-electron chi connectivity index (χ0n) is 17.9. The van der Waals surface area contributed by atoms with E-state index in [0.717, 1.165) is 17.8 Å². The van der Waals surface area contributed by atoms with Crippen LogP contribution in [0.1, 0.15) is 45.1 Å². The molecule has 10 heteroatoms. The molecule has 31 heavy (non-hydrogen) atoms. The molecule has 2 fully saturated rings. The minimum atomic E-state index is -0.713. The van der Waals surface area contributed by atoms with Crippen molar-refractivity contribution >= 4 is 23.3 Å². The smallest absolute Gasteiger partial charge is 0.410 e. The van der Waals surface area contributed by atoms with E-state index in [9.17, 15) is 13.6 Å². The van der Waals surface area contributed by atoms with Crippen LogP contribution in [0.4, 0.5) is 19.3 Å². The third-order valence-corrected chi connectivity index (χ3v) is 5.38. The Balaban J connectivity index is 1.48. The molecular weight excluding hydrogens is 408 g/mol. The van der Waals surface area contributed by atoms with Gasteiger partial charge in [-0.15, -0.1) is 0 Å². The van der Waals surface area contributed by atoms with Crippen LogP contribution in [0.15, 0.2) is 17.3 Å². The number of piperidine rings is 2. The van der Waals surface area contributed by atoms with Crippen LogP contribution < -0.4 is 10.6 Å². The molecule has 2 aliphatic heterocycles. The summed E-state index contributed by atoms with van der Waals surface area (Å²) in [7, 11) is 0. The summed E-state index contributed by atoms with van der Waals surface area (Å²) < 4.78 is 33.7. The van der Waals surface area contributed by atoms with Crippen molar-refractivity contribution in [1.82, 2.24) is 4.90 Å². The summed E-state index contributed by atoms with van der Waals surface area (Å²) in [6.45, 7) is 5.74. The number of ether oxygens (including phenoxy) is 1. The Morgan fingerprint density at radius 2 is 1.81 bits per heavy atom. The zero-order chi connectivity index (χ0) is 22.5. The highest BCUT2D eigenvalue weighted by Gasteiger charge is 2.26. The molecule has 0 bridgehead atoms.